The molecule has 0 saturated carbocycles. The van der Waals surface area contributed by atoms with E-state index in [-0.39, 0.29) is 5.82 Å². The van der Waals surface area contributed by atoms with E-state index in [2.05, 4.69) is 16.8 Å². The van der Waals surface area contributed by atoms with Crippen molar-refractivity contribution in [1.82, 2.24) is 10.3 Å². The maximum atomic E-state index is 13.3. The number of aromatic nitrogens is 1. The molecule has 1 aliphatic heterocycles. The van der Waals surface area contributed by atoms with Crippen molar-refractivity contribution in [3.63, 3.8) is 0 Å². The maximum absolute atomic E-state index is 13.3. The number of hydrogen-bond acceptors (Lipinski definition) is 5. The van der Waals surface area contributed by atoms with Crippen LogP contribution < -0.4 is 10.1 Å². The highest BCUT2D eigenvalue weighted by molar-refractivity contribution is 8.00. The van der Waals surface area contributed by atoms with Crippen LogP contribution in [0.15, 0.2) is 83.1 Å². The van der Waals surface area contributed by atoms with E-state index in [1.54, 1.807) is 30.0 Å². The number of hydrogen-bond donors (Lipinski definition) is 1. The summed E-state index contributed by atoms with van der Waals surface area (Å²) in [7, 11) is 0. The van der Waals surface area contributed by atoms with Gasteiger partial charge < -0.3 is 10.1 Å². The van der Waals surface area contributed by atoms with Gasteiger partial charge in [0.05, 0.1) is 20.6 Å². The van der Waals surface area contributed by atoms with E-state index in [1.807, 2.05) is 36.4 Å². The first kappa shape index (κ1) is 23.6. The van der Waals surface area contributed by atoms with Crippen molar-refractivity contribution in [2.45, 2.75) is 28.5 Å². The third-order valence-corrected chi connectivity index (χ3v) is 8.74. The summed E-state index contributed by atoms with van der Waals surface area (Å²) in [6.45, 7) is 0.786. The molecule has 4 aromatic rings. The van der Waals surface area contributed by atoms with Crippen LogP contribution in [-0.4, -0.2) is 16.8 Å². The van der Waals surface area contributed by atoms with Gasteiger partial charge >= 0.3 is 0 Å². The number of piperidine rings is 1. The zero-order valence-electron chi connectivity index (χ0n) is 18.0. The molecule has 34 heavy (non-hydrogen) atoms. The van der Waals surface area contributed by atoms with Gasteiger partial charge in [-0.1, -0.05) is 41.4 Å². The van der Waals surface area contributed by atoms with Gasteiger partial charge in [-0.25, -0.2) is 9.37 Å². The van der Waals surface area contributed by atoms with Gasteiger partial charge in [0, 0.05) is 22.8 Å². The van der Waals surface area contributed by atoms with E-state index in [0.717, 1.165) is 44.9 Å². The van der Waals surface area contributed by atoms with E-state index in [4.69, 9.17) is 32.9 Å². The fourth-order valence-corrected chi connectivity index (χ4v) is 6.48. The van der Waals surface area contributed by atoms with Gasteiger partial charge in [-0.2, -0.15) is 0 Å². The Labute approximate surface area is 216 Å². The second-order valence-electron chi connectivity index (χ2n) is 8.05. The molecular formula is C26H21Cl2FN2OS2. The lowest BCUT2D eigenvalue weighted by Gasteiger charge is -2.41. The molecule has 2 unspecified atom stereocenters. The Morgan fingerprint density at radius 1 is 1.06 bits per heavy atom. The molecule has 0 bridgehead atoms. The van der Waals surface area contributed by atoms with E-state index < -0.39 is 5.54 Å². The van der Waals surface area contributed by atoms with Crippen LogP contribution in [0, 0.1) is 5.82 Å². The predicted octanol–water partition coefficient (Wildman–Crippen LogP) is 8.17. The van der Waals surface area contributed by atoms with E-state index in [1.165, 1.54) is 23.5 Å². The van der Waals surface area contributed by atoms with Crippen molar-refractivity contribution < 1.29 is 9.13 Å². The lowest BCUT2D eigenvalue weighted by atomic mass is 9.80. The minimum Gasteiger partial charge on any atom is -0.439 e. The highest BCUT2D eigenvalue weighted by Crippen LogP contribution is 2.43. The zero-order valence-corrected chi connectivity index (χ0v) is 21.2. The van der Waals surface area contributed by atoms with Gasteiger partial charge in [-0.05, 0) is 72.3 Å². The Bertz CT molecular complexity index is 1270. The van der Waals surface area contributed by atoms with Gasteiger partial charge in [-0.3, -0.25) is 0 Å². The summed E-state index contributed by atoms with van der Waals surface area (Å²) < 4.78 is 19.9. The molecule has 174 valence electrons. The average Bonchev–Trinajstić information content (AvgIpc) is 3.30. The lowest BCUT2D eigenvalue weighted by Crippen LogP contribution is -2.50. The van der Waals surface area contributed by atoms with Crippen LogP contribution in [0.2, 0.25) is 9.36 Å². The normalized spacial score (nSPS) is 20.3. The molecule has 1 fully saturated rings. The molecule has 2 atom stereocenters. The molecule has 1 N–H and O–H groups in total. The second-order valence-corrected chi connectivity index (χ2v) is 11.3. The summed E-state index contributed by atoms with van der Waals surface area (Å²) in [6.07, 6.45) is 1.82. The quantitative estimate of drug-likeness (QED) is 0.272. The molecule has 1 saturated heterocycles. The monoisotopic (exact) mass is 530 g/mol. The first-order valence-electron chi connectivity index (χ1n) is 10.8. The van der Waals surface area contributed by atoms with Crippen molar-refractivity contribution in [3.8, 4) is 11.6 Å². The number of thioether (sulfide) groups is 1. The molecule has 2 aromatic heterocycles. The van der Waals surface area contributed by atoms with Gasteiger partial charge in [-0.15, -0.1) is 23.1 Å². The summed E-state index contributed by atoms with van der Waals surface area (Å²) in [5.41, 5.74) is 1.47. The van der Waals surface area contributed by atoms with Crippen LogP contribution in [-0.2, 0) is 5.54 Å². The molecule has 1 aliphatic rings. The Kier molecular flexibility index (Phi) is 7.14. The smallest absolute Gasteiger partial charge is 0.219 e. The summed E-state index contributed by atoms with van der Waals surface area (Å²) in [6, 6.07) is 21.6. The number of nitrogens with zero attached hydrogens (tertiary/aromatic N) is 1. The number of halogens is 3. The second kappa shape index (κ2) is 10.3. The molecule has 3 nitrogen and oxygen atoms in total. The minimum absolute atomic E-state index is 0.307. The van der Waals surface area contributed by atoms with Crippen LogP contribution in [0.25, 0.3) is 0 Å². The van der Waals surface area contributed by atoms with E-state index in [0.29, 0.717) is 16.9 Å². The maximum Gasteiger partial charge on any atom is 0.219 e. The van der Waals surface area contributed by atoms with Crippen molar-refractivity contribution >= 4 is 46.3 Å². The molecule has 0 radical (unpaired) electrons. The molecule has 0 amide bonds. The molecule has 0 aliphatic carbocycles. The number of thiophene rings is 1. The van der Waals surface area contributed by atoms with Gasteiger partial charge in [0.25, 0.3) is 0 Å². The predicted molar refractivity (Wildman–Crippen MR) is 139 cm³/mol. The van der Waals surface area contributed by atoms with Crippen LogP contribution in [0.5, 0.6) is 11.6 Å². The van der Waals surface area contributed by atoms with Crippen molar-refractivity contribution in [2.24, 2.45) is 0 Å². The number of benzene rings is 2. The molecule has 0 spiro atoms. The first-order valence-corrected chi connectivity index (χ1v) is 13.3. The summed E-state index contributed by atoms with van der Waals surface area (Å²) in [5.74, 6) is 0.684. The van der Waals surface area contributed by atoms with Gasteiger partial charge in [0.1, 0.15) is 11.6 Å². The lowest BCUT2D eigenvalue weighted by molar-refractivity contribution is 0.306. The van der Waals surface area contributed by atoms with E-state index in [9.17, 15) is 4.39 Å². The van der Waals surface area contributed by atoms with Crippen LogP contribution in [0.4, 0.5) is 4.39 Å². The van der Waals surface area contributed by atoms with Crippen molar-refractivity contribution in [1.29, 1.82) is 0 Å². The van der Waals surface area contributed by atoms with Crippen LogP contribution >= 0.6 is 46.3 Å². The number of nitrogens with one attached hydrogen (secondary N) is 1. The third-order valence-electron chi connectivity index (χ3n) is 5.86. The van der Waals surface area contributed by atoms with Gasteiger partial charge in [0.15, 0.2) is 0 Å². The summed E-state index contributed by atoms with van der Waals surface area (Å²) in [4.78, 5) is 5.94. The highest BCUT2D eigenvalue weighted by Gasteiger charge is 2.40. The molecular weight excluding hydrogens is 510 g/mol. The molecule has 5 rings (SSSR count). The minimum atomic E-state index is -0.483. The SMILES string of the molecule is Fc1ccc(Oc2cccc(C3(c4csc(Cl)c4)CCC(Sc4ccccc4Cl)CN3)n2)cc1. The zero-order chi connectivity index (χ0) is 23.5. The number of ether oxygens (including phenoxy) is 1. The Morgan fingerprint density at radius 2 is 1.88 bits per heavy atom. The van der Waals surface area contributed by atoms with Crippen molar-refractivity contribution in [3.05, 3.63) is 105 Å². The number of pyridine rings is 1. The highest BCUT2D eigenvalue weighted by atomic mass is 35.5. The Balaban J connectivity index is 1.41. The fourth-order valence-electron chi connectivity index (χ4n) is 4.16. The summed E-state index contributed by atoms with van der Waals surface area (Å²) in [5, 5.41) is 7.03. The molecule has 8 heteroatoms. The van der Waals surface area contributed by atoms with E-state index >= 15 is 0 Å². The Hall–Kier alpha value is -2.09. The molecule has 3 heterocycles. The summed E-state index contributed by atoms with van der Waals surface area (Å²) >= 11 is 16.0. The third kappa shape index (κ3) is 5.11. The topological polar surface area (TPSA) is 34.1 Å². The molecule has 2 aromatic carbocycles. The first-order chi connectivity index (χ1) is 16.5. The average molecular weight is 532 g/mol. The van der Waals surface area contributed by atoms with Crippen LogP contribution in [0.3, 0.4) is 0 Å². The van der Waals surface area contributed by atoms with Crippen LogP contribution in [0.1, 0.15) is 24.1 Å². The van der Waals surface area contributed by atoms with Gasteiger partial charge in [0.2, 0.25) is 5.88 Å². The van der Waals surface area contributed by atoms with Crippen molar-refractivity contribution in [2.75, 3.05) is 6.54 Å². The number of rotatable bonds is 6. The largest absolute Gasteiger partial charge is 0.439 e. The fraction of sp³-hybridized carbons (Fsp3) is 0.192. The standard InChI is InChI=1S/C26H21Cl2FN2OS2/c27-21-4-1-2-5-22(21)34-20-12-13-26(30-15-20,17-14-24(28)33-16-17)23-6-3-7-25(31-23)32-19-10-8-18(29)9-11-19/h1-11,14,16,20,30H,12-13,15H2. The Morgan fingerprint density at radius 3 is 2.59 bits per heavy atom.